The van der Waals surface area contributed by atoms with Gasteiger partial charge in [0.05, 0.1) is 27.8 Å². The molecule has 0 aliphatic carbocycles. The van der Waals surface area contributed by atoms with Gasteiger partial charge in [-0.2, -0.15) is 5.26 Å². The summed E-state index contributed by atoms with van der Waals surface area (Å²) in [7, 11) is 0. The fourth-order valence-electron chi connectivity index (χ4n) is 1.96. The fraction of sp³-hybridized carbons (Fsp3) is 0.176. The molecule has 1 N–H and O–H groups in total. The van der Waals surface area contributed by atoms with Crippen LogP contribution in [0.3, 0.4) is 0 Å². The highest BCUT2D eigenvalue weighted by Crippen LogP contribution is 2.28. The molecule has 0 unspecified atom stereocenters. The quantitative estimate of drug-likeness (QED) is 0.926. The first-order valence-electron chi connectivity index (χ1n) is 6.52. The summed E-state index contributed by atoms with van der Waals surface area (Å²) in [5.41, 5.74) is 1.11. The predicted molar refractivity (Wildman–Crippen MR) is 84.3 cm³/mol. The van der Waals surface area contributed by atoms with Crippen LogP contribution in [0.4, 0.5) is 5.69 Å². The topological polar surface area (TPSA) is 52.9 Å². The number of nitrogens with one attached hydrogen (secondary N) is 1. The number of rotatable bonds is 3. The number of benzene rings is 2. The first-order chi connectivity index (χ1) is 9.95. The molecule has 2 rings (SSSR count). The van der Waals surface area contributed by atoms with Gasteiger partial charge in [-0.15, -0.1) is 0 Å². The zero-order valence-corrected chi connectivity index (χ0v) is 12.6. The molecule has 0 atom stereocenters. The summed E-state index contributed by atoms with van der Waals surface area (Å²) in [6.07, 6.45) is 0. The summed E-state index contributed by atoms with van der Waals surface area (Å²) < 4.78 is 0. The van der Waals surface area contributed by atoms with Crippen molar-refractivity contribution in [2.45, 2.75) is 19.3 Å². The van der Waals surface area contributed by atoms with Crippen LogP contribution in [0.2, 0.25) is 5.02 Å². The lowest BCUT2D eigenvalue weighted by atomic mass is 9.83. The lowest BCUT2D eigenvalue weighted by Gasteiger charge is -2.24. The van der Waals surface area contributed by atoms with E-state index in [1.807, 2.05) is 50.2 Å². The maximum Gasteiger partial charge on any atom is 0.234 e. The van der Waals surface area contributed by atoms with Crippen LogP contribution in [0.15, 0.2) is 48.5 Å². The summed E-state index contributed by atoms with van der Waals surface area (Å²) in [4.78, 5) is 12.5. The molecule has 2 aromatic rings. The molecule has 4 heteroatoms. The molecule has 0 aromatic heterocycles. The Balaban J connectivity index is 2.28. The first kappa shape index (κ1) is 15.1. The second-order valence-corrected chi connectivity index (χ2v) is 5.66. The van der Waals surface area contributed by atoms with E-state index in [0.29, 0.717) is 16.3 Å². The Kier molecular flexibility index (Phi) is 4.30. The third-order valence-corrected chi connectivity index (χ3v) is 3.74. The summed E-state index contributed by atoms with van der Waals surface area (Å²) >= 11 is 6.07. The van der Waals surface area contributed by atoms with Crippen molar-refractivity contribution in [3.05, 3.63) is 64.7 Å². The number of hydrogen-bond acceptors (Lipinski definition) is 2. The molecule has 1 amide bonds. The summed E-state index contributed by atoms with van der Waals surface area (Å²) in [6.45, 7) is 3.69. The minimum atomic E-state index is -0.701. The Bertz CT molecular complexity index is 702. The van der Waals surface area contributed by atoms with Crippen LogP contribution in [-0.2, 0) is 10.2 Å². The number of carbonyl (C=O) groups excluding carboxylic acids is 1. The van der Waals surface area contributed by atoms with Gasteiger partial charge >= 0.3 is 0 Å². The van der Waals surface area contributed by atoms with Crippen LogP contribution in [0.1, 0.15) is 25.0 Å². The van der Waals surface area contributed by atoms with Gasteiger partial charge in [0.15, 0.2) is 0 Å². The van der Waals surface area contributed by atoms with Crippen molar-refractivity contribution in [3.63, 3.8) is 0 Å². The summed E-state index contributed by atoms with van der Waals surface area (Å²) in [5.74, 6) is -0.175. The molecule has 106 valence electrons. The number of anilines is 1. The second kappa shape index (κ2) is 5.99. The van der Waals surface area contributed by atoms with Crippen molar-refractivity contribution >= 4 is 23.2 Å². The van der Waals surface area contributed by atoms with E-state index >= 15 is 0 Å². The first-order valence-corrected chi connectivity index (χ1v) is 6.89. The lowest BCUT2D eigenvalue weighted by molar-refractivity contribution is -0.120. The monoisotopic (exact) mass is 298 g/mol. The van der Waals surface area contributed by atoms with Crippen LogP contribution >= 0.6 is 11.6 Å². The number of hydrogen-bond donors (Lipinski definition) is 1. The zero-order chi connectivity index (χ0) is 15.5. The Labute approximate surface area is 129 Å². The Morgan fingerprint density at radius 3 is 2.48 bits per heavy atom. The fourth-order valence-corrected chi connectivity index (χ4v) is 2.12. The molecular weight excluding hydrogens is 284 g/mol. The molecule has 0 bridgehead atoms. The Morgan fingerprint density at radius 2 is 1.86 bits per heavy atom. The van der Waals surface area contributed by atoms with Gasteiger partial charge in [0.1, 0.15) is 0 Å². The highest BCUT2D eigenvalue weighted by Gasteiger charge is 2.30. The van der Waals surface area contributed by atoms with Crippen LogP contribution in [0, 0.1) is 11.3 Å². The van der Waals surface area contributed by atoms with E-state index in [0.717, 1.165) is 5.56 Å². The SMILES string of the molecule is CC(C)(C(=O)Nc1cc(C#N)ccc1Cl)c1ccccc1. The molecule has 0 radical (unpaired) electrons. The molecule has 3 nitrogen and oxygen atoms in total. The van der Waals surface area contributed by atoms with Crippen molar-refractivity contribution in [1.82, 2.24) is 0 Å². The number of carbonyl (C=O) groups is 1. The van der Waals surface area contributed by atoms with E-state index < -0.39 is 5.41 Å². The third-order valence-electron chi connectivity index (χ3n) is 3.41. The highest BCUT2D eigenvalue weighted by molar-refractivity contribution is 6.33. The van der Waals surface area contributed by atoms with E-state index in [-0.39, 0.29) is 5.91 Å². The highest BCUT2D eigenvalue weighted by atomic mass is 35.5. The molecule has 0 aliphatic rings. The Hall–Kier alpha value is -2.31. The number of amides is 1. The third kappa shape index (κ3) is 3.24. The maximum absolute atomic E-state index is 12.5. The molecule has 0 spiro atoms. The lowest BCUT2D eigenvalue weighted by Crippen LogP contribution is -2.34. The van der Waals surface area contributed by atoms with Crippen LogP contribution in [0.25, 0.3) is 0 Å². The van der Waals surface area contributed by atoms with E-state index in [2.05, 4.69) is 5.32 Å². The molecular formula is C17H15ClN2O. The smallest absolute Gasteiger partial charge is 0.234 e. The van der Waals surface area contributed by atoms with Gasteiger partial charge in [-0.3, -0.25) is 4.79 Å². The average molecular weight is 299 g/mol. The molecule has 0 heterocycles. The van der Waals surface area contributed by atoms with E-state index in [1.165, 1.54) is 0 Å². The van der Waals surface area contributed by atoms with Gasteiger partial charge in [-0.25, -0.2) is 0 Å². The number of nitriles is 1. The Morgan fingerprint density at radius 1 is 1.19 bits per heavy atom. The van der Waals surface area contributed by atoms with E-state index in [4.69, 9.17) is 16.9 Å². The molecule has 21 heavy (non-hydrogen) atoms. The molecule has 2 aromatic carbocycles. The van der Waals surface area contributed by atoms with Crippen LogP contribution < -0.4 is 5.32 Å². The minimum absolute atomic E-state index is 0.175. The predicted octanol–water partition coefficient (Wildman–Crippen LogP) is 4.13. The average Bonchev–Trinajstić information content (AvgIpc) is 2.50. The van der Waals surface area contributed by atoms with Crippen LogP contribution in [-0.4, -0.2) is 5.91 Å². The van der Waals surface area contributed by atoms with Gasteiger partial charge in [0, 0.05) is 0 Å². The molecule has 0 saturated heterocycles. The molecule has 0 aliphatic heterocycles. The normalized spacial score (nSPS) is 10.8. The van der Waals surface area contributed by atoms with Crippen LogP contribution in [0.5, 0.6) is 0 Å². The molecule has 0 fully saturated rings. The number of nitrogens with zero attached hydrogens (tertiary/aromatic N) is 1. The molecule has 0 saturated carbocycles. The summed E-state index contributed by atoms with van der Waals surface area (Å²) in [5, 5.41) is 12.1. The van der Waals surface area contributed by atoms with Gasteiger partial charge in [0.25, 0.3) is 0 Å². The van der Waals surface area contributed by atoms with E-state index in [1.54, 1.807) is 18.2 Å². The van der Waals surface area contributed by atoms with Gasteiger partial charge in [-0.1, -0.05) is 41.9 Å². The van der Waals surface area contributed by atoms with Gasteiger partial charge in [0.2, 0.25) is 5.91 Å². The standard InChI is InChI=1S/C17H15ClN2O/c1-17(2,13-6-4-3-5-7-13)16(21)20-15-10-12(11-19)8-9-14(15)18/h3-10H,1-2H3,(H,20,21). The summed E-state index contributed by atoms with van der Waals surface area (Å²) in [6, 6.07) is 16.3. The van der Waals surface area contributed by atoms with Crippen molar-refractivity contribution in [2.75, 3.05) is 5.32 Å². The van der Waals surface area contributed by atoms with Crippen molar-refractivity contribution in [2.24, 2.45) is 0 Å². The van der Waals surface area contributed by atoms with E-state index in [9.17, 15) is 4.79 Å². The minimum Gasteiger partial charge on any atom is -0.324 e. The zero-order valence-electron chi connectivity index (χ0n) is 11.9. The van der Waals surface area contributed by atoms with Crippen molar-refractivity contribution in [3.8, 4) is 6.07 Å². The van der Waals surface area contributed by atoms with Gasteiger partial charge < -0.3 is 5.32 Å². The van der Waals surface area contributed by atoms with Crippen molar-refractivity contribution < 1.29 is 4.79 Å². The maximum atomic E-state index is 12.5. The number of halogens is 1. The van der Waals surface area contributed by atoms with Crippen molar-refractivity contribution in [1.29, 1.82) is 5.26 Å². The van der Waals surface area contributed by atoms with Gasteiger partial charge in [-0.05, 0) is 37.6 Å². The second-order valence-electron chi connectivity index (χ2n) is 5.25. The largest absolute Gasteiger partial charge is 0.324 e.